The summed E-state index contributed by atoms with van der Waals surface area (Å²) in [6.45, 7) is 3.61. The highest BCUT2D eigenvalue weighted by molar-refractivity contribution is 5.44. The SMILES string of the molecule is CCCn1cccc1CNc1cc(F)cc(F)c1. The zero-order chi connectivity index (χ0) is 13.0. The maximum absolute atomic E-state index is 13.0. The first-order valence-corrected chi connectivity index (χ1v) is 6.03. The summed E-state index contributed by atoms with van der Waals surface area (Å²) in [5.74, 6) is -1.14. The first-order valence-electron chi connectivity index (χ1n) is 6.03. The highest BCUT2D eigenvalue weighted by Gasteiger charge is 2.02. The van der Waals surface area contributed by atoms with E-state index >= 15 is 0 Å². The minimum absolute atomic E-state index is 0.455. The number of aromatic nitrogens is 1. The summed E-state index contributed by atoms with van der Waals surface area (Å²) in [5.41, 5.74) is 1.55. The largest absolute Gasteiger partial charge is 0.379 e. The van der Waals surface area contributed by atoms with E-state index in [1.54, 1.807) is 0 Å². The minimum Gasteiger partial charge on any atom is -0.379 e. The Morgan fingerprint density at radius 1 is 1.17 bits per heavy atom. The van der Waals surface area contributed by atoms with Crippen LogP contribution in [0.15, 0.2) is 36.5 Å². The van der Waals surface area contributed by atoms with Crippen molar-refractivity contribution in [3.63, 3.8) is 0 Å². The molecule has 2 rings (SSSR count). The van der Waals surface area contributed by atoms with Gasteiger partial charge in [-0.2, -0.15) is 0 Å². The van der Waals surface area contributed by atoms with Gasteiger partial charge >= 0.3 is 0 Å². The number of rotatable bonds is 5. The van der Waals surface area contributed by atoms with Gasteiger partial charge in [0.1, 0.15) is 11.6 Å². The Kier molecular flexibility index (Phi) is 3.97. The smallest absolute Gasteiger partial charge is 0.128 e. The maximum atomic E-state index is 13.0. The normalized spacial score (nSPS) is 10.6. The molecule has 1 heterocycles. The van der Waals surface area contributed by atoms with Crippen LogP contribution in [-0.4, -0.2) is 4.57 Å². The molecular weight excluding hydrogens is 234 g/mol. The molecule has 18 heavy (non-hydrogen) atoms. The molecule has 2 nitrogen and oxygen atoms in total. The molecular formula is C14H16F2N2. The standard InChI is InChI=1S/C14H16F2N2/c1-2-5-18-6-3-4-14(18)10-17-13-8-11(15)7-12(16)9-13/h3-4,6-9,17H,2,5,10H2,1H3. The summed E-state index contributed by atoms with van der Waals surface area (Å²) in [7, 11) is 0. The summed E-state index contributed by atoms with van der Waals surface area (Å²) in [5, 5.41) is 3.03. The van der Waals surface area contributed by atoms with Gasteiger partial charge in [0.15, 0.2) is 0 Å². The Morgan fingerprint density at radius 3 is 2.56 bits per heavy atom. The summed E-state index contributed by atoms with van der Waals surface area (Å²) >= 11 is 0. The van der Waals surface area contributed by atoms with Gasteiger partial charge in [-0.15, -0.1) is 0 Å². The number of benzene rings is 1. The van der Waals surface area contributed by atoms with Crippen molar-refractivity contribution in [2.45, 2.75) is 26.4 Å². The van der Waals surface area contributed by atoms with Crippen molar-refractivity contribution in [3.8, 4) is 0 Å². The third kappa shape index (κ3) is 3.09. The molecule has 0 spiro atoms. The van der Waals surface area contributed by atoms with Gasteiger partial charge in [-0.3, -0.25) is 0 Å². The molecule has 0 aliphatic rings. The van der Waals surface area contributed by atoms with Crippen molar-refractivity contribution in [1.82, 2.24) is 4.57 Å². The maximum Gasteiger partial charge on any atom is 0.128 e. The average molecular weight is 250 g/mol. The van der Waals surface area contributed by atoms with Crippen LogP contribution in [0.2, 0.25) is 0 Å². The summed E-state index contributed by atoms with van der Waals surface area (Å²) in [4.78, 5) is 0. The Bertz CT molecular complexity index is 500. The molecule has 0 radical (unpaired) electrons. The number of nitrogens with zero attached hydrogens (tertiary/aromatic N) is 1. The Labute approximate surface area is 105 Å². The van der Waals surface area contributed by atoms with E-state index in [4.69, 9.17) is 0 Å². The fraction of sp³-hybridized carbons (Fsp3) is 0.286. The van der Waals surface area contributed by atoms with Crippen molar-refractivity contribution in [2.24, 2.45) is 0 Å². The van der Waals surface area contributed by atoms with Crippen LogP contribution in [0.5, 0.6) is 0 Å². The van der Waals surface area contributed by atoms with E-state index in [-0.39, 0.29) is 0 Å². The number of anilines is 1. The molecule has 0 amide bonds. The van der Waals surface area contributed by atoms with Gasteiger partial charge in [0.05, 0.1) is 6.54 Å². The molecule has 2 aromatic rings. The molecule has 1 aromatic carbocycles. The fourth-order valence-electron chi connectivity index (χ4n) is 1.92. The number of hydrogen-bond acceptors (Lipinski definition) is 1. The zero-order valence-electron chi connectivity index (χ0n) is 10.3. The van der Waals surface area contributed by atoms with E-state index < -0.39 is 11.6 Å². The second-order valence-electron chi connectivity index (χ2n) is 4.20. The molecule has 0 bridgehead atoms. The van der Waals surface area contributed by atoms with Gasteiger partial charge in [0.25, 0.3) is 0 Å². The van der Waals surface area contributed by atoms with Crippen LogP contribution in [0.4, 0.5) is 14.5 Å². The lowest BCUT2D eigenvalue weighted by molar-refractivity contribution is 0.584. The molecule has 0 aliphatic carbocycles. The molecule has 0 atom stereocenters. The number of nitrogens with one attached hydrogen (secondary N) is 1. The average Bonchev–Trinajstić information content (AvgIpc) is 2.73. The van der Waals surface area contributed by atoms with Gasteiger partial charge in [-0.1, -0.05) is 6.92 Å². The summed E-state index contributed by atoms with van der Waals surface area (Å²) < 4.78 is 28.1. The van der Waals surface area contributed by atoms with Crippen LogP contribution in [0.3, 0.4) is 0 Å². The van der Waals surface area contributed by atoms with Crippen LogP contribution in [0.1, 0.15) is 19.0 Å². The van der Waals surface area contributed by atoms with Crippen molar-refractivity contribution >= 4 is 5.69 Å². The van der Waals surface area contributed by atoms with Gasteiger partial charge in [-0.25, -0.2) is 8.78 Å². The van der Waals surface area contributed by atoms with Gasteiger partial charge < -0.3 is 9.88 Å². The summed E-state index contributed by atoms with van der Waals surface area (Å²) in [6.07, 6.45) is 3.06. The van der Waals surface area contributed by atoms with Crippen LogP contribution < -0.4 is 5.32 Å². The second kappa shape index (κ2) is 5.67. The van der Waals surface area contributed by atoms with Crippen molar-refractivity contribution in [1.29, 1.82) is 0 Å². The van der Waals surface area contributed by atoms with E-state index in [9.17, 15) is 8.78 Å². The van der Waals surface area contributed by atoms with Crippen molar-refractivity contribution in [2.75, 3.05) is 5.32 Å². The molecule has 1 N–H and O–H groups in total. The predicted octanol–water partition coefficient (Wildman–Crippen LogP) is 3.79. The van der Waals surface area contributed by atoms with Crippen LogP contribution in [0.25, 0.3) is 0 Å². The Morgan fingerprint density at radius 2 is 1.89 bits per heavy atom. The number of halogens is 2. The lowest BCUT2D eigenvalue weighted by Gasteiger charge is -2.10. The minimum atomic E-state index is -0.568. The van der Waals surface area contributed by atoms with Crippen molar-refractivity contribution in [3.05, 3.63) is 53.9 Å². The monoisotopic (exact) mass is 250 g/mol. The van der Waals surface area contributed by atoms with Crippen molar-refractivity contribution < 1.29 is 8.78 Å². The topological polar surface area (TPSA) is 17.0 Å². The lowest BCUT2D eigenvalue weighted by atomic mass is 10.3. The lowest BCUT2D eigenvalue weighted by Crippen LogP contribution is -2.07. The zero-order valence-corrected chi connectivity index (χ0v) is 10.3. The van der Waals surface area contributed by atoms with Gasteiger partial charge in [0.2, 0.25) is 0 Å². The Balaban J connectivity index is 2.04. The van der Waals surface area contributed by atoms with E-state index in [0.717, 1.165) is 24.7 Å². The third-order valence-electron chi connectivity index (χ3n) is 2.72. The van der Waals surface area contributed by atoms with Crippen LogP contribution in [-0.2, 0) is 13.1 Å². The Hall–Kier alpha value is -1.84. The highest BCUT2D eigenvalue weighted by Crippen LogP contribution is 2.14. The van der Waals surface area contributed by atoms with Crippen LogP contribution >= 0.6 is 0 Å². The third-order valence-corrected chi connectivity index (χ3v) is 2.72. The molecule has 0 aliphatic heterocycles. The van der Waals surface area contributed by atoms with E-state index in [2.05, 4.69) is 16.8 Å². The number of hydrogen-bond donors (Lipinski definition) is 1. The molecule has 0 fully saturated rings. The van der Waals surface area contributed by atoms with Crippen LogP contribution in [0, 0.1) is 11.6 Å². The first-order chi connectivity index (χ1) is 8.69. The first kappa shape index (κ1) is 12.6. The fourth-order valence-corrected chi connectivity index (χ4v) is 1.92. The molecule has 0 saturated heterocycles. The van der Waals surface area contributed by atoms with E-state index in [1.165, 1.54) is 12.1 Å². The second-order valence-corrected chi connectivity index (χ2v) is 4.20. The summed E-state index contributed by atoms with van der Waals surface area (Å²) in [6, 6.07) is 7.41. The van der Waals surface area contributed by atoms with E-state index in [0.29, 0.717) is 12.2 Å². The predicted molar refractivity (Wildman–Crippen MR) is 68.4 cm³/mol. The molecule has 96 valence electrons. The van der Waals surface area contributed by atoms with Gasteiger partial charge in [0, 0.05) is 30.2 Å². The molecule has 0 unspecified atom stereocenters. The molecule has 0 saturated carbocycles. The highest BCUT2D eigenvalue weighted by atomic mass is 19.1. The number of aryl methyl sites for hydroxylation is 1. The molecule has 1 aromatic heterocycles. The quantitative estimate of drug-likeness (QED) is 0.854. The van der Waals surface area contributed by atoms with E-state index in [1.807, 2.05) is 18.3 Å². The van der Waals surface area contributed by atoms with Gasteiger partial charge in [-0.05, 0) is 30.7 Å². The molecule has 4 heteroatoms.